The summed E-state index contributed by atoms with van der Waals surface area (Å²) >= 11 is 0. The molecule has 0 bridgehead atoms. The molecule has 0 unspecified atom stereocenters. The SMILES string of the molecule is C#CCCCC(=O)NCCCCCC(=O)N1C[C@H](OC(=O)CCC(=O)NO)C[C@H]1COC(c1ccccc1)(c1ccc(OC)cc1)c1ccc(OC)cc1. The summed E-state index contributed by atoms with van der Waals surface area (Å²) in [5.74, 6) is 2.48. The molecular formula is C42H51N3O9. The van der Waals surface area contributed by atoms with Crippen molar-refractivity contribution in [3.8, 4) is 23.8 Å². The number of nitrogens with one attached hydrogen (secondary N) is 2. The lowest BCUT2D eigenvalue weighted by Gasteiger charge is -2.38. The van der Waals surface area contributed by atoms with Crippen LogP contribution in [0.15, 0.2) is 78.9 Å². The number of hydrogen-bond donors (Lipinski definition) is 3. The molecule has 0 spiro atoms. The number of methoxy groups -OCH3 is 2. The topological polar surface area (TPSA) is 153 Å². The van der Waals surface area contributed by atoms with Crippen LogP contribution in [0.5, 0.6) is 11.5 Å². The number of ether oxygens (including phenoxy) is 4. The maximum absolute atomic E-state index is 13.8. The molecule has 1 saturated heterocycles. The van der Waals surface area contributed by atoms with Crippen molar-refractivity contribution < 1.29 is 43.3 Å². The van der Waals surface area contributed by atoms with Crippen LogP contribution >= 0.6 is 0 Å². The summed E-state index contributed by atoms with van der Waals surface area (Å²) in [5.41, 5.74) is 2.94. The van der Waals surface area contributed by atoms with Crippen LogP contribution in [0.1, 0.15) is 80.9 Å². The Morgan fingerprint density at radius 3 is 2.02 bits per heavy atom. The van der Waals surface area contributed by atoms with Crippen molar-refractivity contribution >= 4 is 23.7 Å². The highest BCUT2D eigenvalue weighted by Crippen LogP contribution is 2.42. The van der Waals surface area contributed by atoms with Gasteiger partial charge >= 0.3 is 5.97 Å². The van der Waals surface area contributed by atoms with E-state index < -0.39 is 29.6 Å². The zero-order valence-corrected chi connectivity index (χ0v) is 31.1. The number of hydrogen-bond acceptors (Lipinski definition) is 9. The normalized spacial score (nSPS) is 15.2. The Bertz CT molecular complexity index is 1640. The Labute approximate surface area is 317 Å². The van der Waals surface area contributed by atoms with Crippen molar-refractivity contribution in [1.29, 1.82) is 0 Å². The summed E-state index contributed by atoms with van der Waals surface area (Å²) in [5, 5.41) is 11.7. The number of carbonyl (C=O) groups is 4. The molecule has 54 heavy (non-hydrogen) atoms. The smallest absolute Gasteiger partial charge is 0.306 e. The summed E-state index contributed by atoms with van der Waals surface area (Å²) in [6, 6.07) is 24.7. The average molecular weight is 742 g/mol. The van der Waals surface area contributed by atoms with Crippen LogP contribution in [-0.4, -0.2) is 79.9 Å². The van der Waals surface area contributed by atoms with Gasteiger partial charge in [-0.1, -0.05) is 61.0 Å². The zero-order valence-electron chi connectivity index (χ0n) is 31.1. The first-order valence-corrected chi connectivity index (χ1v) is 18.3. The monoisotopic (exact) mass is 741 g/mol. The summed E-state index contributed by atoms with van der Waals surface area (Å²) < 4.78 is 23.8. The van der Waals surface area contributed by atoms with E-state index in [1.807, 2.05) is 78.9 Å². The molecule has 0 radical (unpaired) electrons. The number of amides is 3. The van der Waals surface area contributed by atoms with E-state index in [1.54, 1.807) is 19.1 Å². The van der Waals surface area contributed by atoms with Gasteiger partial charge in [0.05, 0.1) is 39.8 Å². The van der Waals surface area contributed by atoms with Crippen LogP contribution in [0.25, 0.3) is 0 Å². The van der Waals surface area contributed by atoms with E-state index in [0.717, 1.165) is 29.5 Å². The standard InChI is InChI=1S/C42H51N3O9/c1-4-5-8-15-38(46)43-27-12-7-11-16-40(48)45-29-37(54-41(49)26-25-39(47)44-50)28-34(45)30-53-42(31-13-9-6-10-14-31,32-17-21-35(51-2)22-18-32)33-19-23-36(52-3)24-20-33/h1,6,9-10,13-14,17-24,34,37,50H,5,7-8,11-12,15-16,25-30H2,2-3H3,(H,43,46)(H,44,47)/t34-,37+/m0/s1. The largest absolute Gasteiger partial charge is 0.497 e. The maximum Gasteiger partial charge on any atom is 0.306 e. The first kappa shape index (κ1) is 41.4. The van der Waals surface area contributed by atoms with Gasteiger partial charge in [0.2, 0.25) is 17.7 Å². The molecule has 1 heterocycles. The second-order valence-electron chi connectivity index (χ2n) is 13.1. The van der Waals surface area contributed by atoms with E-state index in [0.29, 0.717) is 50.1 Å². The highest BCUT2D eigenvalue weighted by molar-refractivity contribution is 5.80. The number of likely N-dealkylation sites (tertiary alicyclic amines) is 1. The predicted molar refractivity (Wildman–Crippen MR) is 202 cm³/mol. The van der Waals surface area contributed by atoms with Crippen LogP contribution in [0.2, 0.25) is 0 Å². The number of benzene rings is 3. The molecular weight excluding hydrogens is 690 g/mol. The second kappa shape index (κ2) is 21.4. The molecule has 0 saturated carbocycles. The van der Waals surface area contributed by atoms with E-state index in [-0.39, 0.29) is 44.2 Å². The molecule has 1 aliphatic rings. The predicted octanol–water partition coefficient (Wildman–Crippen LogP) is 5.29. The summed E-state index contributed by atoms with van der Waals surface area (Å²) in [7, 11) is 3.22. The summed E-state index contributed by atoms with van der Waals surface area (Å²) in [4.78, 5) is 51.8. The molecule has 1 fully saturated rings. The minimum absolute atomic E-state index is 0.0327. The van der Waals surface area contributed by atoms with Crippen LogP contribution < -0.4 is 20.3 Å². The number of rotatable bonds is 21. The van der Waals surface area contributed by atoms with Crippen molar-refractivity contribution in [1.82, 2.24) is 15.7 Å². The van der Waals surface area contributed by atoms with E-state index in [2.05, 4.69) is 11.2 Å². The average Bonchev–Trinajstić information content (AvgIpc) is 3.61. The quantitative estimate of drug-likeness (QED) is 0.0330. The molecule has 288 valence electrons. The highest BCUT2D eigenvalue weighted by Gasteiger charge is 2.42. The van der Waals surface area contributed by atoms with Crippen molar-refractivity contribution in [3.05, 3.63) is 95.6 Å². The van der Waals surface area contributed by atoms with E-state index in [9.17, 15) is 19.2 Å². The van der Waals surface area contributed by atoms with Crippen LogP contribution in [0, 0.1) is 12.3 Å². The fourth-order valence-corrected chi connectivity index (χ4v) is 6.62. The van der Waals surface area contributed by atoms with Gasteiger partial charge in [-0.3, -0.25) is 24.4 Å². The maximum atomic E-state index is 13.8. The molecule has 1 aliphatic heterocycles. The van der Waals surface area contributed by atoms with Gasteiger partial charge in [0.1, 0.15) is 23.2 Å². The van der Waals surface area contributed by atoms with Gasteiger partial charge < -0.3 is 29.2 Å². The second-order valence-corrected chi connectivity index (χ2v) is 13.1. The molecule has 2 atom stereocenters. The first-order chi connectivity index (χ1) is 26.2. The van der Waals surface area contributed by atoms with Gasteiger partial charge in [-0.15, -0.1) is 12.3 Å². The molecule has 3 amide bonds. The zero-order chi connectivity index (χ0) is 38.8. The lowest BCUT2D eigenvalue weighted by atomic mass is 9.80. The fraction of sp³-hybridized carbons (Fsp3) is 0.429. The Morgan fingerprint density at radius 1 is 0.796 bits per heavy atom. The van der Waals surface area contributed by atoms with Crippen LogP contribution in [-0.2, 0) is 34.3 Å². The van der Waals surface area contributed by atoms with Gasteiger partial charge in [-0.05, 0) is 60.2 Å². The molecule has 0 aliphatic carbocycles. The van der Waals surface area contributed by atoms with Gasteiger partial charge in [-0.25, -0.2) is 5.48 Å². The Balaban J connectivity index is 1.56. The fourth-order valence-electron chi connectivity index (χ4n) is 6.62. The van der Waals surface area contributed by atoms with Gasteiger partial charge in [0.25, 0.3) is 0 Å². The van der Waals surface area contributed by atoms with Crippen molar-refractivity contribution in [2.45, 2.75) is 82.0 Å². The highest BCUT2D eigenvalue weighted by atomic mass is 16.5. The number of nitrogens with zero attached hydrogens (tertiary/aromatic N) is 1. The van der Waals surface area contributed by atoms with Crippen molar-refractivity contribution in [3.63, 3.8) is 0 Å². The van der Waals surface area contributed by atoms with Gasteiger partial charge in [0, 0.05) is 38.6 Å². The Hall–Kier alpha value is -5.38. The summed E-state index contributed by atoms with van der Waals surface area (Å²) in [6.07, 6.45) is 8.47. The molecule has 3 aromatic carbocycles. The third kappa shape index (κ3) is 11.6. The number of terminal acetylenes is 1. The lowest BCUT2D eigenvalue weighted by molar-refractivity contribution is -0.150. The number of esters is 1. The molecule has 0 aromatic heterocycles. The Kier molecular flexibility index (Phi) is 16.4. The van der Waals surface area contributed by atoms with Crippen molar-refractivity contribution in [2.75, 3.05) is 33.9 Å². The lowest BCUT2D eigenvalue weighted by Crippen LogP contribution is -2.42. The van der Waals surface area contributed by atoms with E-state index in [4.69, 9.17) is 30.6 Å². The van der Waals surface area contributed by atoms with Crippen LogP contribution in [0.3, 0.4) is 0 Å². The van der Waals surface area contributed by atoms with Crippen molar-refractivity contribution in [2.24, 2.45) is 0 Å². The first-order valence-electron chi connectivity index (χ1n) is 18.3. The molecule has 12 nitrogen and oxygen atoms in total. The number of carbonyl (C=O) groups excluding carboxylic acids is 4. The Morgan fingerprint density at radius 2 is 1.43 bits per heavy atom. The number of hydroxylamine groups is 1. The van der Waals surface area contributed by atoms with Gasteiger partial charge in [-0.2, -0.15) is 0 Å². The van der Waals surface area contributed by atoms with Crippen LogP contribution in [0.4, 0.5) is 0 Å². The number of unbranched alkanes of at least 4 members (excludes halogenated alkanes) is 3. The summed E-state index contributed by atoms with van der Waals surface area (Å²) in [6.45, 7) is 0.793. The third-order valence-corrected chi connectivity index (χ3v) is 9.46. The third-order valence-electron chi connectivity index (χ3n) is 9.46. The molecule has 3 N–H and O–H groups in total. The minimum atomic E-state index is -1.12. The van der Waals surface area contributed by atoms with E-state index in [1.165, 1.54) is 5.48 Å². The van der Waals surface area contributed by atoms with Gasteiger partial charge in [0.15, 0.2) is 0 Å². The minimum Gasteiger partial charge on any atom is -0.497 e. The van der Waals surface area contributed by atoms with E-state index >= 15 is 0 Å². The molecule has 3 aromatic rings. The molecule has 4 rings (SSSR count). The molecule has 12 heteroatoms.